The lowest BCUT2D eigenvalue weighted by atomic mass is 10.1. The van der Waals surface area contributed by atoms with E-state index >= 15 is 0 Å². The van der Waals surface area contributed by atoms with E-state index in [1.807, 2.05) is 6.07 Å². The molecule has 0 aliphatic rings. The fourth-order valence-corrected chi connectivity index (χ4v) is 2.24. The Labute approximate surface area is 135 Å². The Morgan fingerprint density at radius 2 is 2.08 bits per heavy atom. The molecule has 0 atom stereocenters. The summed E-state index contributed by atoms with van der Waals surface area (Å²) in [6.07, 6.45) is 2.34. The van der Waals surface area contributed by atoms with E-state index in [2.05, 4.69) is 10.1 Å². The molecule has 0 amide bonds. The van der Waals surface area contributed by atoms with Crippen LogP contribution in [0.2, 0.25) is 0 Å². The summed E-state index contributed by atoms with van der Waals surface area (Å²) in [7, 11) is 0. The van der Waals surface area contributed by atoms with Crippen LogP contribution in [-0.4, -0.2) is 20.7 Å². The number of aryl methyl sites for hydroxylation is 1. The highest BCUT2D eigenvalue weighted by Gasteiger charge is 2.23. The molecule has 0 aliphatic heterocycles. The quantitative estimate of drug-likeness (QED) is 0.667. The van der Waals surface area contributed by atoms with Crippen LogP contribution >= 0.6 is 0 Å². The molecule has 24 heavy (non-hydrogen) atoms. The maximum atomic E-state index is 12.8. The Morgan fingerprint density at radius 1 is 1.33 bits per heavy atom. The van der Waals surface area contributed by atoms with Gasteiger partial charge in [0.2, 0.25) is 0 Å². The summed E-state index contributed by atoms with van der Waals surface area (Å²) in [4.78, 5) is 16.1. The second-order valence-corrected chi connectivity index (χ2v) is 4.93. The molecule has 124 valence electrons. The van der Waals surface area contributed by atoms with Gasteiger partial charge in [0, 0.05) is 18.0 Å². The van der Waals surface area contributed by atoms with Gasteiger partial charge in [0.05, 0.1) is 0 Å². The van der Waals surface area contributed by atoms with Gasteiger partial charge in [-0.3, -0.25) is 4.57 Å². The van der Waals surface area contributed by atoms with Crippen molar-refractivity contribution in [2.75, 3.05) is 0 Å². The maximum absolute atomic E-state index is 12.8. The van der Waals surface area contributed by atoms with Crippen molar-refractivity contribution in [3.05, 3.63) is 59.9 Å². The minimum Gasteiger partial charge on any atom is -0.454 e. The van der Waals surface area contributed by atoms with Crippen molar-refractivity contribution in [2.24, 2.45) is 0 Å². The molecule has 2 aromatic heterocycles. The van der Waals surface area contributed by atoms with Crippen LogP contribution in [-0.2, 0) is 11.3 Å². The second-order valence-electron chi connectivity index (χ2n) is 4.93. The molecule has 0 saturated carbocycles. The molecule has 2 heterocycles. The number of ether oxygens (including phenoxy) is 1. The van der Waals surface area contributed by atoms with E-state index in [1.54, 1.807) is 31.2 Å². The fourth-order valence-electron chi connectivity index (χ4n) is 2.24. The molecule has 0 spiro atoms. The number of aromatic nitrogens is 3. The largest absolute Gasteiger partial charge is 0.454 e. The van der Waals surface area contributed by atoms with Gasteiger partial charge in [-0.25, -0.2) is 9.78 Å². The summed E-state index contributed by atoms with van der Waals surface area (Å²) in [6.45, 7) is -1.55. The van der Waals surface area contributed by atoms with Crippen LogP contribution in [0.25, 0.3) is 11.3 Å². The average Bonchev–Trinajstić information content (AvgIpc) is 3.20. The number of carbonyl (C=O) groups excluding carboxylic acids is 1. The molecule has 0 aliphatic carbocycles. The molecule has 3 rings (SSSR count). The average molecular weight is 333 g/mol. The van der Waals surface area contributed by atoms with Crippen molar-refractivity contribution in [2.45, 2.75) is 20.1 Å². The predicted octanol–water partition coefficient (Wildman–Crippen LogP) is 3.60. The number of halogens is 2. The topological polar surface area (TPSA) is 70.2 Å². The summed E-state index contributed by atoms with van der Waals surface area (Å²) in [5.41, 5.74) is 1.20. The number of imidazole rings is 1. The van der Waals surface area contributed by atoms with Crippen molar-refractivity contribution < 1.29 is 22.8 Å². The number of alkyl halides is 2. The minimum absolute atomic E-state index is 0.0475. The summed E-state index contributed by atoms with van der Waals surface area (Å²) >= 11 is 0. The van der Waals surface area contributed by atoms with Crippen LogP contribution in [0.3, 0.4) is 0 Å². The molecule has 0 bridgehead atoms. The molecule has 0 radical (unpaired) electrons. The molecular weight excluding hydrogens is 320 g/mol. The summed E-state index contributed by atoms with van der Waals surface area (Å²) in [6, 6.07) is 8.98. The van der Waals surface area contributed by atoms with Gasteiger partial charge >= 0.3 is 12.5 Å². The molecule has 8 heteroatoms. The third-order valence-electron chi connectivity index (χ3n) is 3.41. The molecule has 3 aromatic rings. The predicted molar refractivity (Wildman–Crippen MR) is 79.3 cm³/mol. The van der Waals surface area contributed by atoms with Crippen LogP contribution in [0.1, 0.15) is 28.5 Å². The third kappa shape index (κ3) is 3.03. The first-order valence-electron chi connectivity index (χ1n) is 7.06. The van der Waals surface area contributed by atoms with Gasteiger partial charge in [0.25, 0.3) is 0 Å². The highest BCUT2D eigenvalue weighted by atomic mass is 19.3. The van der Waals surface area contributed by atoms with Crippen molar-refractivity contribution in [1.82, 2.24) is 14.7 Å². The van der Waals surface area contributed by atoms with E-state index in [9.17, 15) is 13.6 Å². The molecule has 1 aromatic carbocycles. The first-order chi connectivity index (χ1) is 11.6. The Kier molecular flexibility index (Phi) is 4.37. The first kappa shape index (κ1) is 15.9. The van der Waals surface area contributed by atoms with E-state index in [4.69, 9.17) is 9.26 Å². The highest BCUT2D eigenvalue weighted by Crippen LogP contribution is 2.26. The van der Waals surface area contributed by atoms with Crippen LogP contribution in [0.5, 0.6) is 0 Å². The van der Waals surface area contributed by atoms with Crippen molar-refractivity contribution >= 4 is 5.97 Å². The molecular formula is C16H13F2N3O3. The SMILES string of the molecule is Cc1onc(-c2ccccc2)c1C(=O)OCc1nccn1C(F)F. The van der Waals surface area contributed by atoms with Crippen LogP contribution in [0, 0.1) is 6.92 Å². The maximum Gasteiger partial charge on any atom is 0.344 e. The molecule has 0 saturated heterocycles. The van der Waals surface area contributed by atoms with E-state index in [1.165, 1.54) is 6.20 Å². The fraction of sp³-hybridized carbons (Fsp3) is 0.188. The van der Waals surface area contributed by atoms with Crippen molar-refractivity contribution in [1.29, 1.82) is 0 Å². The third-order valence-corrected chi connectivity index (χ3v) is 3.41. The standard InChI is InChI=1S/C16H13F2N3O3/c1-10-13(14(20-24-10)11-5-3-2-4-6-11)15(22)23-9-12-19-7-8-21(12)16(17)18/h2-8,16H,9H2,1H3. The van der Waals surface area contributed by atoms with Crippen molar-refractivity contribution in [3.63, 3.8) is 0 Å². The van der Waals surface area contributed by atoms with Gasteiger partial charge in [-0.1, -0.05) is 35.5 Å². The van der Waals surface area contributed by atoms with E-state index in [0.717, 1.165) is 6.20 Å². The van der Waals surface area contributed by atoms with Gasteiger partial charge in [-0.2, -0.15) is 8.78 Å². The lowest BCUT2D eigenvalue weighted by Crippen LogP contribution is -2.11. The molecule has 6 nitrogen and oxygen atoms in total. The number of benzene rings is 1. The Hall–Kier alpha value is -3.03. The zero-order valence-electron chi connectivity index (χ0n) is 12.6. The van der Waals surface area contributed by atoms with E-state index in [0.29, 0.717) is 15.8 Å². The van der Waals surface area contributed by atoms with Crippen LogP contribution < -0.4 is 0 Å². The normalized spacial score (nSPS) is 11.0. The number of nitrogens with zero attached hydrogens (tertiary/aromatic N) is 3. The van der Waals surface area contributed by atoms with Gasteiger partial charge in [-0.15, -0.1) is 0 Å². The summed E-state index contributed by atoms with van der Waals surface area (Å²) in [5.74, 6) is -0.471. The summed E-state index contributed by atoms with van der Waals surface area (Å²) < 4.78 is 36.3. The molecule has 0 fully saturated rings. The molecule has 0 N–H and O–H groups in total. The Morgan fingerprint density at radius 3 is 2.79 bits per heavy atom. The van der Waals surface area contributed by atoms with Gasteiger partial charge in [0.1, 0.15) is 23.6 Å². The lowest BCUT2D eigenvalue weighted by Gasteiger charge is -2.07. The zero-order chi connectivity index (χ0) is 17.1. The smallest absolute Gasteiger partial charge is 0.344 e. The number of carbonyl (C=O) groups is 1. The Balaban J connectivity index is 1.81. The number of esters is 1. The number of rotatable bonds is 5. The molecule has 0 unspecified atom stereocenters. The lowest BCUT2D eigenvalue weighted by molar-refractivity contribution is 0.0375. The van der Waals surface area contributed by atoms with Gasteiger partial charge in [0.15, 0.2) is 5.82 Å². The monoisotopic (exact) mass is 333 g/mol. The highest BCUT2D eigenvalue weighted by molar-refractivity contribution is 5.97. The first-order valence-corrected chi connectivity index (χ1v) is 7.06. The van der Waals surface area contributed by atoms with Crippen LogP contribution in [0.15, 0.2) is 47.2 Å². The van der Waals surface area contributed by atoms with Crippen molar-refractivity contribution in [3.8, 4) is 11.3 Å². The van der Waals surface area contributed by atoms with Gasteiger partial charge < -0.3 is 9.26 Å². The minimum atomic E-state index is -2.75. The van der Waals surface area contributed by atoms with E-state index in [-0.39, 0.29) is 23.8 Å². The second kappa shape index (κ2) is 6.61. The number of hydrogen-bond donors (Lipinski definition) is 0. The zero-order valence-corrected chi connectivity index (χ0v) is 12.6. The Bertz CT molecular complexity index is 843. The van der Waals surface area contributed by atoms with Gasteiger partial charge in [-0.05, 0) is 6.92 Å². The summed E-state index contributed by atoms with van der Waals surface area (Å²) in [5, 5.41) is 3.88. The van der Waals surface area contributed by atoms with Crippen LogP contribution in [0.4, 0.5) is 8.78 Å². The van der Waals surface area contributed by atoms with E-state index < -0.39 is 12.5 Å². The number of hydrogen-bond acceptors (Lipinski definition) is 5.